The summed E-state index contributed by atoms with van der Waals surface area (Å²) in [5.74, 6) is 0.592. The van der Waals surface area contributed by atoms with Crippen LogP contribution < -0.4 is 10.6 Å². The highest BCUT2D eigenvalue weighted by atomic mass is 35.5. The molecule has 2 N–H and O–H groups in total. The lowest BCUT2D eigenvalue weighted by Crippen LogP contribution is -2.44. The summed E-state index contributed by atoms with van der Waals surface area (Å²) in [4.78, 5) is 24.6. The molecule has 6 nitrogen and oxygen atoms in total. The number of pyridine rings is 1. The summed E-state index contributed by atoms with van der Waals surface area (Å²) in [7, 11) is 0. The standard InChI is InChI=1S/C22H24ClN5OS/c1-15-20(30-22(25-15)27-19-8-7-17(23)13-24-19)21(29)26-18-9-11-28(12-10-18)14-16-5-3-2-4-6-16/h2-8,13,18H,9-12,14H2,1H3,(H,26,29)(H,24,25,27). The van der Waals surface area contributed by atoms with Gasteiger partial charge in [-0.3, -0.25) is 9.69 Å². The maximum absolute atomic E-state index is 12.8. The molecule has 0 bridgehead atoms. The molecule has 1 aromatic carbocycles. The number of amides is 1. The van der Waals surface area contributed by atoms with Gasteiger partial charge in [-0.15, -0.1) is 0 Å². The first-order chi connectivity index (χ1) is 14.6. The van der Waals surface area contributed by atoms with Crippen molar-refractivity contribution in [3.05, 3.63) is 69.8 Å². The number of piperidine rings is 1. The van der Waals surface area contributed by atoms with E-state index in [0.717, 1.165) is 38.2 Å². The van der Waals surface area contributed by atoms with Gasteiger partial charge in [-0.25, -0.2) is 9.97 Å². The number of aryl methyl sites for hydroxylation is 1. The van der Waals surface area contributed by atoms with Crippen molar-refractivity contribution in [1.82, 2.24) is 20.2 Å². The van der Waals surface area contributed by atoms with E-state index < -0.39 is 0 Å². The van der Waals surface area contributed by atoms with Crippen LogP contribution in [0.15, 0.2) is 48.7 Å². The highest BCUT2D eigenvalue weighted by molar-refractivity contribution is 7.17. The molecule has 8 heteroatoms. The van der Waals surface area contributed by atoms with E-state index in [-0.39, 0.29) is 11.9 Å². The number of nitrogens with zero attached hydrogens (tertiary/aromatic N) is 3. The summed E-state index contributed by atoms with van der Waals surface area (Å²) in [5.41, 5.74) is 2.05. The smallest absolute Gasteiger partial charge is 0.263 e. The Morgan fingerprint density at radius 1 is 1.20 bits per heavy atom. The van der Waals surface area contributed by atoms with E-state index in [0.29, 0.717) is 20.8 Å². The Bertz CT molecular complexity index is 985. The maximum atomic E-state index is 12.8. The average Bonchev–Trinajstić information content (AvgIpc) is 3.12. The van der Waals surface area contributed by atoms with Gasteiger partial charge >= 0.3 is 0 Å². The predicted molar refractivity (Wildman–Crippen MR) is 122 cm³/mol. The topological polar surface area (TPSA) is 70.1 Å². The number of likely N-dealkylation sites (tertiary alicyclic amines) is 1. The van der Waals surface area contributed by atoms with Crippen LogP contribution in [0.5, 0.6) is 0 Å². The maximum Gasteiger partial charge on any atom is 0.263 e. The van der Waals surface area contributed by atoms with Gasteiger partial charge in [0.05, 0.1) is 10.7 Å². The largest absolute Gasteiger partial charge is 0.348 e. The van der Waals surface area contributed by atoms with Gasteiger partial charge in [0.25, 0.3) is 5.91 Å². The molecule has 0 aliphatic carbocycles. The number of carbonyl (C=O) groups excluding carboxylic acids is 1. The fraction of sp³-hybridized carbons (Fsp3) is 0.318. The third kappa shape index (κ3) is 5.36. The van der Waals surface area contributed by atoms with E-state index in [1.165, 1.54) is 16.9 Å². The normalized spacial score (nSPS) is 15.1. The van der Waals surface area contributed by atoms with Crippen molar-refractivity contribution in [3.8, 4) is 0 Å². The molecule has 1 aliphatic rings. The number of anilines is 2. The lowest BCUT2D eigenvalue weighted by molar-refractivity contribution is 0.0912. The monoisotopic (exact) mass is 441 g/mol. The number of thiazole rings is 1. The zero-order chi connectivity index (χ0) is 20.9. The number of hydrogen-bond acceptors (Lipinski definition) is 6. The van der Waals surface area contributed by atoms with Gasteiger partial charge < -0.3 is 10.6 Å². The van der Waals surface area contributed by atoms with Crippen LogP contribution in [0.1, 0.15) is 33.8 Å². The van der Waals surface area contributed by atoms with Crippen molar-refractivity contribution >= 4 is 39.8 Å². The lowest BCUT2D eigenvalue weighted by Gasteiger charge is -2.32. The second kappa shape index (κ2) is 9.55. The fourth-order valence-electron chi connectivity index (χ4n) is 3.55. The van der Waals surface area contributed by atoms with E-state index in [2.05, 4.69) is 49.8 Å². The van der Waals surface area contributed by atoms with E-state index in [9.17, 15) is 4.79 Å². The van der Waals surface area contributed by atoms with Crippen LogP contribution in [0.25, 0.3) is 0 Å². The van der Waals surface area contributed by atoms with E-state index in [4.69, 9.17) is 11.6 Å². The second-order valence-electron chi connectivity index (χ2n) is 7.43. The highest BCUT2D eigenvalue weighted by Gasteiger charge is 2.23. The average molecular weight is 442 g/mol. The first-order valence-corrected chi connectivity index (χ1v) is 11.2. The Morgan fingerprint density at radius 3 is 2.67 bits per heavy atom. The summed E-state index contributed by atoms with van der Waals surface area (Å²) in [6.45, 7) is 4.78. The SMILES string of the molecule is Cc1nc(Nc2ccc(Cl)cn2)sc1C(=O)NC1CCN(Cc2ccccc2)CC1. The van der Waals surface area contributed by atoms with Gasteiger partial charge in [0.2, 0.25) is 0 Å². The summed E-state index contributed by atoms with van der Waals surface area (Å²) in [6.07, 6.45) is 3.48. The number of nitrogens with one attached hydrogen (secondary N) is 2. The summed E-state index contributed by atoms with van der Waals surface area (Å²) < 4.78 is 0. The molecule has 1 aliphatic heterocycles. The molecule has 156 valence electrons. The minimum Gasteiger partial charge on any atom is -0.348 e. The quantitative estimate of drug-likeness (QED) is 0.583. The molecule has 1 amide bonds. The molecule has 0 radical (unpaired) electrons. The summed E-state index contributed by atoms with van der Waals surface area (Å²) >= 11 is 7.21. The Kier molecular flexibility index (Phi) is 6.62. The summed E-state index contributed by atoms with van der Waals surface area (Å²) in [6, 6.07) is 14.2. The molecule has 1 fully saturated rings. The summed E-state index contributed by atoms with van der Waals surface area (Å²) in [5, 5.41) is 7.54. The van der Waals surface area contributed by atoms with Gasteiger partial charge in [-0.1, -0.05) is 53.3 Å². The number of halogens is 1. The van der Waals surface area contributed by atoms with E-state index >= 15 is 0 Å². The van der Waals surface area contributed by atoms with Crippen LogP contribution >= 0.6 is 22.9 Å². The van der Waals surface area contributed by atoms with Crippen molar-refractivity contribution in [2.75, 3.05) is 18.4 Å². The highest BCUT2D eigenvalue weighted by Crippen LogP contribution is 2.26. The molecule has 1 saturated heterocycles. The van der Waals surface area contributed by atoms with Crippen LogP contribution in [-0.4, -0.2) is 39.9 Å². The Labute approximate surface area is 185 Å². The van der Waals surface area contributed by atoms with Gasteiger partial charge in [0.15, 0.2) is 5.13 Å². The van der Waals surface area contributed by atoms with Crippen molar-refractivity contribution in [1.29, 1.82) is 0 Å². The number of benzene rings is 1. The van der Waals surface area contributed by atoms with Crippen LogP contribution in [0.2, 0.25) is 5.02 Å². The molecular weight excluding hydrogens is 418 g/mol. The molecule has 4 rings (SSSR count). The number of rotatable bonds is 6. The third-order valence-electron chi connectivity index (χ3n) is 5.14. The number of hydrogen-bond donors (Lipinski definition) is 2. The van der Waals surface area contributed by atoms with Crippen LogP contribution in [0.4, 0.5) is 10.9 Å². The molecule has 3 heterocycles. The van der Waals surface area contributed by atoms with Crippen molar-refractivity contribution in [2.45, 2.75) is 32.4 Å². The first-order valence-electron chi connectivity index (χ1n) is 10.00. The molecular formula is C22H24ClN5OS. The van der Waals surface area contributed by atoms with Gasteiger partial charge in [0, 0.05) is 31.9 Å². The molecule has 30 heavy (non-hydrogen) atoms. The molecule has 3 aromatic rings. The van der Waals surface area contributed by atoms with Crippen LogP contribution in [-0.2, 0) is 6.54 Å². The molecule has 0 unspecified atom stereocenters. The molecule has 0 saturated carbocycles. The third-order valence-corrected chi connectivity index (χ3v) is 6.43. The Hall–Kier alpha value is -2.48. The fourth-order valence-corrected chi connectivity index (χ4v) is 4.54. The zero-order valence-corrected chi connectivity index (χ0v) is 18.3. The molecule has 2 aromatic heterocycles. The van der Waals surface area contributed by atoms with Crippen LogP contribution in [0, 0.1) is 6.92 Å². The number of aromatic nitrogens is 2. The van der Waals surface area contributed by atoms with E-state index in [1.54, 1.807) is 18.3 Å². The lowest BCUT2D eigenvalue weighted by atomic mass is 10.0. The Balaban J connectivity index is 1.30. The van der Waals surface area contributed by atoms with Gasteiger partial charge in [-0.2, -0.15) is 0 Å². The first kappa shape index (κ1) is 20.8. The van der Waals surface area contributed by atoms with E-state index in [1.807, 2.05) is 13.0 Å². The predicted octanol–water partition coefficient (Wildman–Crippen LogP) is 4.64. The van der Waals surface area contributed by atoms with Crippen LogP contribution in [0.3, 0.4) is 0 Å². The minimum atomic E-state index is -0.0522. The Morgan fingerprint density at radius 2 is 1.97 bits per heavy atom. The molecule has 0 spiro atoms. The van der Waals surface area contributed by atoms with Gasteiger partial charge in [0.1, 0.15) is 10.7 Å². The van der Waals surface area contributed by atoms with Gasteiger partial charge in [-0.05, 0) is 37.5 Å². The van der Waals surface area contributed by atoms with Crippen molar-refractivity contribution in [3.63, 3.8) is 0 Å². The zero-order valence-electron chi connectivity index (χ0n) is 16.8. The molecule has 0 atom stereocenters. The van der Waals surface area contributed by atoms with Crippen molar-refractivity contribution in [2.24, 2.45) is 0 Å². The minimum absolute atomic E-state index is 0.0522. The van der Waals surface area contributed by atoms with Crippen molar-refractivity contribution < 1.29 is 4.79 Å². The second-order valence-corrected chi connectivity index (χ2v) is 8.87. The number of carbonyl (C=O) groups is 1.